The topological polar surface area (TPSA) is 49.4 Å². The summed E-state index contributed by atoms with van der Waals surface area (Å²) < 4.78 is 0. The molecular weight excluding hydrogens is 372 g/mol. The highest BCUT2D eigenvalue weighted by atomic mass is 35.5. The molecule has 0 aromatic heterocycles. The summed E-state index contributed by atoms with van der Waals surface area (Å²) in [6.07, 6.45) is 1.12. The lowest BCUT2D eigenvalue weighted by molar-refractivity contribution is -0.140. The van der Waals surface area contributed by atoms with Crippen molar-refractivity contribution in [2.45, 2.75) is 53.1 Å². The molecule has 0 saturated carbocycles. The van der Waals surface area contributed by atoms with Crippen LogP contribution in [-0.4, -0.2) is 29.3 Å². The third kappa shape index (κ3) is 6.10. The van der Waals surface area contributed by atoms with Crippen LogP contribution in [0, 0.1) is 13.8 Å². The van der Waals surface area contributed by atoms with Crippen LogP contribution in [0.1, 0.15) is 42.5 Å². The molecule has 0 fully saturated rings. The van der Waals surface area contributed by atoms with Crippen molar-refractivity contribution in [1.82, 2.24) is 10.2 Å². The van der Waals surface area contributed by atoms with E-state index >= 15 is 0 Å². The Labute approximate surface area is 172 Å². The molecule has 2 amide bonds. The Morgan fingerprint density at radius 2 is 1.79 bits per heavy atom. The minimum Gasteiger partial charge on any atom is -0.354 e. The number of carbonyl (C=O) groups is 2. The molecule has 2 aromatic rings. The SMILES string of the molecule is CCCNC(=O)C(C)N(Cc1ccc(Cl)cc1)C(=O)Cc1cc(C)ccc1C. The lowest BCUT2D eigenvalue weighted by Crippen LogP contribution is -2.48. The average molecular weight is 401 g/mol. The Balaban J connectivity index is 2.24. The van der Waals surface area contributed by atoms with Gasteiger partial charge in [0.05, 0.1) is 6.42 Å². The molecule has 5 heteroatoms. The van der Waals surface area contributed by atoms with Crippen LogP contribution in [-0.2, 0) is 22.6 Å². The number of amides is 2. The number of hydrogen-bond donors (Lipinski definition) is 1. The van der Waals surface area contributed by atoms with Gasteiger partial charge in [0.1, 0.15) is 6.04 Å². The third-order valence-electron chi connectivity index (χ3n) is 4.83. The lowest BCUT2D eigenvalue weighted by atomic mass is 10.0. The molecule has 0 aliphatic rings. The van der Waals surface area contributed by atoms with Gasteiger partial charge in [-0.3, -0.25) is 9.59 Å². The van der Waals surface area contributed by atoms with Gasteiger partial charge in [0.15, 0.2) is 0 Å². The van der Waals surface area contributed by atoms with Crippen LogP contribution >= 0.6 is 11.6 Å². The van der Waals surface area contributed by atoms with E-state index in [0.29, 0.717) is 18.1 Å². The molecule has 0 heterocycles. The van der Waals surface area contributed by atoms with Gasteiger partial charge in [-0.1, -0.05) is 54.4 Å². The van der Waals surface area contributed by atoms with E-state index < -0.39 is 6.04 Å². The van der Waals surface area contributed by atoms with Gasteiger partial charge in [-0.2, -0.15) is 0 Å². The molecule has 1 N–H and O–H groups in total. The van der Waals surface area contributed by atoms with Gasteiger partial charge in [-0.05, 0) is 56.0 Å². The highest BCUT2D eigenvalue weighted by molar-refractivity contribution is 6.30. The van der Waals surface area contributed by atoms with Gasteiger partial charge < -0.3 is 10.2 Å². The predicted molar refractivity (Wildman–Crippen MR) is 114 cm³/mol. The Bertz CT molecular complexity index is 818. The number of halogens is 1. The monoisotopic (exact) mass is 400 g/mol. The second kappa shape index (κ2) is 10.3. The highest BCUT2D eigenvalue weighted by Gasteiger charge is 2.26. The molecule has 0 saturated heterocycles. The number of rotatable bonds is 8. The first-order valence-electron chi connectivity index (χ1n) is 9.69. The molecule has 2 aromatic carbocycles. The average Bonchev–Trinajstić information content (AvgIpc) is 2.67. The van der Waals surface area contributed by atoms with Gasteiger partial charge in [0.25, 0.3) is 0 Å². The number of hydrogen-bond acceptors (Lipinski definition) is 2. The van der Waals surface area contributed by atoms with Crippen molar-refractivity contribution in [1.29, 1.82) is 0 Å². The lowest BCUT2D eigenvalue weighted by Gasteiger charge is -2.29. The highest BCUT2D eigenvalue weighted by Crippen LogP contribution is 2.17. The summed E-state index contributed by atoms with van der Waals surface area (Å²) in [6, 6.07) is 12.9. The van der Waals surface area contributed by atoms with E-state index in [9.17, 15) is 9.59 Å². The van der Waals surface area contributed by atoms with Gasteiger partial charge >= 0.3 is 0 Å². The Morgan fingerprint density at radius 3 is 2.43 bits per heavy atom. The molecule has 1 atom stereocenters. The molecule has 0 radical (unpaired) electrons. The van der Waals surface area contributed by atoms with Crippen LogP contribution in [0.2, 0.25) is 5.02 Å². The fraction of sp³-hybridized carbons (Fsp3) is 0.391. The van der Waals surface area contributed by atoms with Crippen LogP contribution < -0.4 is 5.32 Å². The maximum absolute atomic E-state index is 13.2. The fourth-order valence-electron chi connectivity index (χ4n) is 3.02. The van der Waals surface area contributed by atoms with Gasteiger partial charge in [-0.15, -0.1) is 0 Å². The van der Waals surface area contributed by atoms with Crippen molar-refractivity contribution in [3.63, 3.8) is 0 Å². The Morgan fingerprint density at radius 1 is 1.11 bits per heavy atom. The molecule has 4 nitrogen and oxygen atoms in total. The molecule has 28 heavy (non-hydrogen) atoms. The standard InChI is InChI=1S/C23H29ClN2O2/c1-5-12-25-23(28)18(4)26(15-19-8-10-21(24)11-9-19)22(27)14-20-13-16(2)6-7-17(20)3/h6-11,13,18H,5,12,14-15H2,1-4H3,(H,25,28). The second-order valence-electron chi connectivity index (χ2n) is 7.22. The van der Waals surface area contributed by atoms with Crippen LogP contribution in [0.4, 0.5) is 0 Å². The Hall–Kier alpha value is -2.33. The summed E-state index contributed by atoms with van der Waals surface area (Å²) in [7, 11) is 0. The smallest absolute Gasteiger partial charge is 0.242 e. The first kappa shape index (κ1) is 22.0. The van der Waals surface area contributed by atoms with Crippen molar-refractivity contribution in [3.8, 4) is 0 Å². The van der Waals surface area contributed by atoms with Crippen LogP contribution in [0.5, 0.6) is 0 Å². The minimum absolute atomic E-state index is 0.0669. The summed E-state index contributed by atoms with van der Waals surface area (Å²) in [4.78, 5) is 27.4. The zero-order valence-corrected chi connectivity index (χ0v) is 17.8. The van der Waals surface area contributed by atoms with E-state index in [1.54, 1.807) is 24.0 Å². The van der Waals surface area contributed by atoms with E-state index in [1.165, 1.54) is 0 Å². The van der Waals surface area contributed by atoms with Crippen molar-refractivity contribution in [2.75, 3.05) is 6.54 Å². The van der Waals surface area contributed by atoms with Crippen molar-refractivity contribution in [2.24, 2.45) is 0 Å². The third-order valence-corrected chi connectivity index (χ3v) is 5.08. The predicted octanol–water partition coefficient (Wildman–Crippen LogP) is 4.44. The molecule has 0 aliphatic carbocycles. The largest absolute Gasteiger partial charge is 0.354 e. The van der Waals surface area contributed by atoms with Gasteiger partial charge in [0, 0.05) is 18.1 Å². The Kier molecular flexibility index (Phi) is 8.06. The van der Waals surface area contributed by atoms with E-state index in [2.05, 4.69) is 5.32 Å². The zero-order valence-electron chi connectivity index (χ0n) is 17.1. The molecule has 2 rings (SSSR count). The molecule has 1 unspecified atom stereocenters. The zero-order chi connectivity index (χ0) is 20.7. The van der Waals surface area contributed by atoms with Gasteiger partial charge in [-0.25, -0.2) is 0 Å². The normalized spacial score (nSPS) is 11.8. The molecule has 0 spiro atoms. The van der Waals surface area contributed by atoms with Crippen LogP contribution in [0.25, 0.3) is 0 Å². The number of aryl methyl sites for hydroxylation is 2. The van der Waals surface area contributed by atoms with E-state index in [0.717, 1.165) is 28.7 Å². The molecule has 0 aliphatic heterocycles. The van der Waals surface area contributed by atoms with Crippen molar-refractivity contribution >= 4 is 23.4 Å². The van der Waals surface area contributed by atoms with Crippen LogP contribution in [0.15, 0.2) is 42.5 Å². The molecular formula is C23H29ClN2O2. The summed E-state index contributed by atoms with van der Waals surface area (Å²) >= 11 is 5.98. The quantitative estimate of drug-likeness (QED) is 0.711. The number of benzene rings is 2. The first-order chi connectivity index (χ1) is 13.3. The maximum Gasteiger partial charge on any atom is 0.242 e. The minimum atomic E-state index is -0.556. The number of nitrogens with one attached hydrogen (secondary N) is 1. The molecule has 150 valence electrons. The van der Waals surface area contributed by atoms with Gasteiger partial charge in [0.2, 0.25) is 11.8 Å². The van der Waals surface area contributed by atoms with Crippen molar-refractivity contribution in [3.05, 3.63) is 69.7 Å². The summed E-state index contributed by atoms with van der Waals surface area (Å²) in [5.41, 5.74) is 4.13. The van der Waals surface area contributed by atoms with Crippen LogP contribution in [0.3, 0.4) is 0 Å². The van der Waals surface area contributed by atoms with Crippen molar-refractivity contribution < 1.29 is 9.59 Å². The second-order valence-corrected chi connectivity index (χ2v) is 7.66. The number of carbonyl (C=O) groups excluding carboxylic acids is 2. The maximum atomic E-state index is 13.2. The number of nitrogens with zero attached hydrogens (tertiary/aromatic N) is 1. The molecule has 0 bridgehead atoms. The van der Waals surface area contributed by atoms with E-state index in [-0.39, 0.29) is 18.2 Å². The summed E-state index contributed by atoms with van der Waals surface area (Å²) in [5.74, 6) is -0.201. The summed E-state index contributed by atoms with van der Waals surface area (Å²) in [6.45, 7) is 8.76. The first-order valence-corrected chi connectivity index (χ1v) is 10.1. The van der Waals surface area contributed by atoms with E-state index in [1.807, 2.05) is 51.1 Å². The fourth-order valence-corrected chi connectivity index (χ4v) is 3.15. The summed E-state index contributed by atoms with van der Waals surface area (Å²) in [5, 5.41) is 3.54. The van der Waals surface area contributed by atoms with E-state index in [4.69, 9.17) is 11.6 Å².